The average molecular weight is 340 g/mol. The van der Waals surface area contributed by atoms with E-state index in [2.05, 4.69) is 27.7 Å². The first kappa shape index (κ1) is 15.9. The van der Waals surface area contributed by atoms with Crippen LogP contribution in [0.2, 0.25) is 0 Å². The van der Waals surface area contributed by atoms with E-state index in [1.165, 1.54) is 24.1 Å². The van der Waals surface area contributed by atoms with Crippen molar-refractivity contribution in [1.29, 1.82) is 0 Å². The van der Waals surface area contributed by atoms with Crippen molar-refractivity contribution in [3.05, 3.63) is 58.3 Å². The van der Waals surface area contributed by atoms with Crippen molar-refractivity contribution in [3.8, 4) is 0 Å². The molecule has 3 nitrogen and oxygen atoms in total. The second-order valence-electron chi connectivity index (χ2n) is 7.00. The molecule has 1 aromatic heterocycles. The molecule has 0 saturated carbocycles. The van der Waals surface area contributed by atoms with Gasteiger partial charge in [0.15, 0.2) is 0 Å². The quantitative estimate of drug-likeness (QED) is 0.910. The number of carbonyl (C=O) groups excluding carboxylic acids is 1. The van der Waals surface area contributed by atoms with Crippen LogP contribution in [-0.2, 0) is 6.54 Å². The van der Waals surface area contributed by atoms with Crippen LogP contribution in [0.15, 0.2) is 47.8 Å². The summed E-state index contributed by atoms with van der Waals surface area (Å²) in [6, 6.07) is 15.5. The highest BCUT2D eigenvalue weighted by molar-refractivity contribution is 7.09. The highest BCUT2D eigenvalue weighted by Gasteiger charge is 2.38. The largest absolute Gasteiger partial charge is 0.349 e. The van der Waals surface area contributed by atoms with Gasteiger partial charge in [-0.25, -0.2) is 0 Å². The molecule has 2 bridgehead atoms. The fourth-order valence-corrected chi connectivity index (χ4v) is 5.01. The van der Waals surface area contributed by atoms with E-state index < -0.39 is 0 Å². The molecule has 1 N–H and O–H groups in total. The third-order valence-corrected chi connectivity index (χ3v) is 6.28. The number of fused-ring (bicyclic) bond motifs is 2. The van der Waals surface area contributed by atoms with E-state index in [4.69, 9.17) is 0 Å². The van der Waals surface area contributed by atoms with E-state index in [1.54, 1.807) is 0 Å². The molecule has 2 saturated heterocycles. The molecule has 0 aliphatic carbocycles. The van der Waals surface area contributed by atoms with Crippen molar-refractivity contribution in [2.24, 2.45) is 0 Å². The van der Waals surface area contributed by atoms with Gasteiger partial charge in [0, 0.05) is 35.1 Å². The number of carbonyl (C=O) groups is 1. The molecule has 2 aliphatic heterocycles. The first-order valence-corrected chi connectivity index (χ1v) is 9.81. The maximum Gasteiger partial charge on any atom is 0.251 e. The molecule has 2 fully saturated rings. The number of nitrogens with zero attached hydrogens (tertiary/aromatic N) is 1. The van der Waals surface area contributed by atoms with E-state index in [0.29, 0.717) is 18.1 Å². The van der Waals surface area contributed by atoms with Crippen LogP contribution >= 0.6 is 11.3 Å². The van der Waals surface area contributed by atoms with E-state index in [9.17, 15) is 4.79 Å². The van der Waals surface area contributed by atoms with Gasteiger partial charge in [0.2, 0.25) is 0 Å². The fraction of sp³-hybridized carbons (Fsp3) is 0.450. The summed E-state index contributed by atoms with van der Waals surface area (Å²) in [5.74, 6) is 0.0744. The number of thiophene rings is 1. The minimum Gasteiger partial charge on any atom is -0.349 e. The van der Waals surface area contributed by atoms with Gasteiger partial charge in [0.05, 0.1) is 0 Å². The monoisotopic (exact) mass is 340 g/mol. The highest BCUT2D eigenvalue weighted by Crippen LogP contribution is 2.35. The minimum atomic E-state index is 0.0744. The lowest BCUT2D eigenvalue weighted by Crippen LogP contribution is -2.56. The van der Waals surface area contributed by atoms with E-state index in [1.807, 2.05) is 41.7 Å². The van der Waals surface area contributed by atoms with Gasteiger partial charge in [-0.2, -0.15) is 0 Å². The van der Waals surface area contributed by atoms with Gasteiger partial charge in [-0.1, -0.05) is 30.7 Å². The van der Waals surface area contributed by atoms with Gasteiger partial charge < -0.3 is 5.32 Å². The van der Waals surface area contributed by atoms with Crippen LogP contribution in [0.25, 0.3) is 0 Å². The van der Waals surface area contributed by atoms with Gasteiger partial charge in [0.1, 0.15) is 0 Å². The molecule has 4 rings (SSSR count). The number of rotatable bonds is 4. The first-order valence-electron chi connectivity index (χ1n) is 8.93. The Kier molecular flexibility index (Phi) is 4.67. The van der Waals surface area contributed by atoms with Gasteiger partial charge in [-0.15, -0.1) is 11.3 Å². The number of piperidine rings is 2. The zero-order chi connectivity index (χ0) is 16.4. The van der Waals surface area contributed by atoms with Crippen LogP contribution in [-0.4, -0.2) is 28.9 Å². The van der Waals surface area contributed by atoms with Crippen molar-refractivity contribution in [2.45, 2.75) is 56.8 Å². The lowest BCUT2D eigenvalue weighted by Gasteiger charge is -2.49. The summed E-state index contributed by atoms with van der Waals surface area (Å²) in [4.78, 5) is 16.6. The zero-order valence-electron chi connectivity index (χ0n) is 13.9. The number of benzene rings is 1. The van der Waals surface area contributed by atoms with Crippen LogP contribution in [0, 0.1) is 0 Å². The van der Waals surface area contributed by atoms with E-state index in [0.717, 1.165) is 24.9 Å². The Morgan fingerprint density at radius 1 is 1.08 bits per heavy atom. The second-order valence-corrected chi connectivity index (χ2v) is 8.03. The second kappa shape index (κ2) is 7.08. The lowest BCUT2D eigenvalue weighted by molar-refractivity contribution is 0.0184. The van der Waals surface area contributed by atoms with E-state index in [-0.39, 0.29) is 5.91 Å². The first-order chi connectivity index (χ1) is 11.8. The Bertz CT molecular complexity index is 656. The molecule has 0 radical (unpaired) electrons. The van der Waals surface area contributed by atoms with Crippen LogP contribution in [0.4, 0.5) is 0 Å². The van der Waals surface area contributed by atoms with Gasteiger partial charge in [-0.05, 0) is 49.3 Å². The van der Waals surface area contributed by atoms with Crippen LogP contribution < -0.4 is 5.32 Å². The number of amides is 1. The summed E-state index contributed by atoms with van der Waals surface area (Å²) in [6.45, 7) is 1.08. The summed E-state index contributed by atoms with van der Waals surface area (Å²) < 4.78 is 0. The maximum absolute atomic E-state index is 12.4. The average Bonchev–Trinajstić information content (AvgIpc) is 3.09. The molecular weight excluding hydrogens is 316 g/mol. The van der Waals surface area contributed by atoms with Crippen molar-refractivity contribution >= 4 is 17.2 Å². The SMILES string of the molecule is O=C(NC1C[C@@H]2CCC[C@@H](C1)N2Cc1cccs1)c1ccccc1. The van der Waals surface area contributed by atoms with Gasteiger partial charge in [-0.3, -0.25) is 9.69 Å². The number of hydrogen-bond acceptors (Lipinski definition) is 3. The minimum absolute atomic E-state index is 0.0744. The summed E-state index contributed by atoms with van der Waals surface area (Å²) in [6.07, 6.45) is 6.02. The molecule has 1 amide bonds. The Hall–Kier alpha value is -1.65. The Morgan fingerprint density at radius 2 is 1.83 bits per heavy atom. The maximum atomic E-state index is 12.4. The lowest BCUT2D eigenvalue weighted by atomic mass is 9.81. The van der Waals surface area contributed by atoms with Gasteiger partial charge >= 0.3 is 0 Å². The molecule has 4 heteroatoms. The van der Waals surface area contributed by atoms with Crippen molar-refractivity contribution in [2.75, 3.05) is 0 Å². The molecule has 1 aromatic carbocycles. The Labute approximate surface area is 147 Å². The van der Waals surface area contributed by atoms with Crippen LogP contribution in [0.5, 0.6) is 0 Å². The molecule has 3 heterocycles. The Morgan fingerprint density at radius 3 is 2.50 bits per heavy atom. The molecule has 126 valence electrons. The molecule has 24 heavy (non-hydrogen) atoms. The summed E-state index contributed by atoms with van der Waals surface area (Å²) in [5, 5.41) is 5.44. The predicted molar refractivity (Wildman–Crippen MR) is 98.2 cm³/mol. The van der Waals surface area contributed by atoms with Crippen LogP contribution in [0.3, 0.4) is 0 Å². The fourth-order valence-electron chi connectivity index (χ4n) is 4.30. The molecule has 2 aromatic rings. The van der Waals surface area contributed by atoms with Crippen molar-refractivity contribution < 1.29 is 4.79 Å². The van der Waals surface area contributed by atoms with Crippen molar-refractivity contribution in [3.63, 3.8) is 0 Å². The third kappa shape index (κ3) is 3.40. The molecule has 0 spiro atoms. The Balaban J connectivity index is 1.41. The third-order valence-electron chi connectivity index (χ3n) is 5.42. The van der Waals surface area contributed by atoms with Crippen LogP contribution in [0.1, 0.15) is 47.3 Å². The van der Waals surface area contributed by atoms with Crippen molar-refractivity contribution in [1.82, 2.24) is 10.2 Å². The summed E-state index contributed by atoms with van der Waals surface area (Å²) >= 11 is 1.85. The molecule has 2 aliphatic rings. The van der Waals surface area contributed by atoms with Gasteiger partial charge in [0.25, 0.3) is 5.91 Å². The highest BCUT2D eigenvalue weighted by atomic mass is 32.1. The van der Waals surface area contributed by atoms with E-state index >= 15 is 0 Å². The standard InChI is InChI=1S/C20H24N2OS/c23-20(15-6-2-1-3-7-15)21-16-12-17-8-4-9-18(13-16)22(17)14-19-10-5-11-24-19/h1-3,5-7,10-11,16-18H,4,8-9,12-14H2,(H,21,23)/t17-,18-/m0/s1. The number of nitrogens with one attached hydrogen (secondary N) is 1. The smallest absolute Gasteiger partial charge is 0.251 e. The molecule has 0 unspecified atom stereocenters. The summed E-state index contributed by atoms with van der Waals surface area (Å²) in [5.41, 5.74) is 0.767. The summed E-state index contributed by atoms with van der Waals surface area (Å²) in [7, 11) is 0. The predicted octanol–water partition coefficient (Wildman–Crippen LogP) is 4.06. The topological polar surface area (TPSA) is 32.3 Å². The number of hydrogen-bond donors (Lipinski definition) is 1. The molecular formula is C20H24N2OS. The molecule has 2 atom stereocenters. The normalized spacial score (nSPS) is 26.9. The zero-order valence-corrected chi connectivity index (χ0v) is 14.7.